The molecule has 0 aliphatic carbocycles. The van der Waals surface area contributed by atoms with Crippen molar-refractivity contribution >= 4 is 5.97 Å². The Kier molecular flexibility index (Phi) is 3.48. The van der Waals surface area contributed by atoms with Crippen LogP contribution in [0.5, 0.6) is 0 Å². The Hall–Kier alpha value is -1.35. The predicted molar refractivity (Wildman–Crippen MR) is 67.6 cm³/mol. The van der Waals surface area contributed by atoms with E-state index in [2.05, 4.69) is 11.9 Å². The molecule has 1 N–H and O–H groups in total. The van der Waals surface area contributed by atoms with Crippen molar-refractivity contribution in [1.29, 1.82) is 0 Å². The van der Waals surface area contributed by atoms with Crippen molar-refractivity contribution in [3.05, 3.63) is 34.9 Å². The highest BCUT2D eigenvalue weighted by Crippen LogP contribution is 2.30. The fraction of sp³-hybridized carbons (Fsp3) is 0.500. The lowest BCUT2D eigenvalue weighted by Gasteiger charge is -2.30. The summed E-state index contributed by atoms with van der Waals surface area (Å²) in [6.07, 6.45) is 2.11. The molecule has 1 aromatic carbocycles. The Morgan fingerprint density at radius 1 is 1.35 bits per heavy atom. The minimum atomic E-state index is -0.807. The van der Waals surface area contributed by atoms with Crippen molar-refractivity contribution in [2.75, 3.05) is 20.1 Å². The van der Waals surface area contributed by atoms with Gasteiger partial charge in [0.2, 0.25) is 0 Å². The molecule has 1 heterocycles. The van der Waals surface area contributed by atoms with Gasteiger partial charge in [-0.2, -0.15) is 0 Å². The van der Waals surface area contributed by atoms with E-state index in [0.717, 1.165) is 37.1 Å². The minimum Gasteiger partial charge on any atom is -0.478 e. The maximum absolute atomic E-state index is 11.2. The van der Waals surface area contributed by atoms with Crippen molar-refractivity contribution in [3.63, 3.8) is 0 Å². The molecule has 1 aromatic rings. The maximum atomic E-state index is 11.2. The van der Waals surface area contributed by atoms with Crippen molar-refractivity contribution in [1.82, 2.24) is 4.90 Å². The standard InChI is InChI=1S/C14H19NO2/c1-10-3-4-12(14(16)17)13(9-10)11-5-7-15(2)8-6-11/h3-4,9,11H,5-8H2,1-2H3,(H,16,17). The van der Waals surface area contributed by atoms with Crippen LogP contribution in [0.3, 0.4) is 0 Å². The Morgan fingerprint density at radius 2 is 2.00 bits per heavy atom. The molecule has 0 radical (unpaired) electrons. The maximum Gasteiger partial charge on any atom is 0.335 e. The summed E-state index contributed by atoms with van der Waals surface area (Å²) in [5.74, 6) is -0.406. The van der Waals surface area contributed by atoms with E-state index < -0.39 is 5.97 Å². The molecule has 1 aliphatic heterocycles. The molecule has 1 aliphatic rings. The Bertz CT molecular complexity index is 420. The number of carboxylic acids is 1. The van der Waals surface area contributed by atoms with Gasteiger partial charge in [0.05, 0.1) is 5.56 Å². The second kappa shape index (κ2) is 4.88. The molecular weight excluding hydrogens is 214 g/mol. The van der Waals surface area contributed by atoms with Gasteiger partial charge >= 0.3 is 5.97 Å². The van der Waals surface area contributed by atoms with E-state index >= 15 is 0 Å². The molecule has 0 unspecified atom stereocenters. The number of carboxylic acid groups (broad SMARTS) is 1. The first-order chi connectivity index (χ1) is 8.08. The first kappa shape index (κ1) is 12.1. The molecule has 1 saturated heterocycles. The Balaban J connectivity index is 2.30. The lowest BCUT2D eigenvalue weighted by molar-refractivity contribution is 0.0694. The first-order valence-electron chi connectivity index (χ1n) is 6.10. The lowest BCUT2D eigenvalue weighted by Crippen LogP contribution is -2.29. The van der Waals surface area contributed by atoms with Crippen molar-refractivity contribution in [3.8, 4) is 0 Å². The van der Waals surface area contributed by atoms with Crippen LogP contribution in [0.25, 0.3) is 0 Å². The van der Waals surface area contributed by atoms with E-state index in [9.17, 15) is 9.90 Å². The second-order valence-corrected chi connectivity index (χ2v) is 4.97. The number of rotatable bonds is 2. The average molecular weight is 233 g/mol. The van der Waals surface area contributed by atoms with Gasteiger partial charge in [0, 0.05) is 0 Å². The van der Waals surface area contributed by atoms with E-state index in [4.69, 9.17) is 0 Å². The third kappa shape index (κ3) is 2.67. The molecule has 1 fully saturated rings. The third-order valence-corrected chi connectivity index (χ3v) is 3.60. The first-order valence-corrected chi connectivity index (χ1v) is 6.10. The van der Waals surface area contributed by atoms with Crippen LogP contribution >= 0.6 is 0 Å². The van der Waals surface area contributed by atoms with Gasteiger partial charge in [-0.05, 0) is 57.5 Å². The quantitative estimate of drug-likeness (QED) is 0.853. The number of nitrogens with zero attached hydrogens (tertiary/aromatic N) is 1. The smallest absolute Gasteiger partial charge is 0.335 e. The van der Waals surface area contributed by atoms with Crippen LogP contribution in [0.2, 0.25) is 0 Å². The highest BCUT2D eigenvalue weighted by molar-refractivity contribution is 5.89. The summed E-state index contributed by atoms with van der Waals surface area (Å²) >= 11 is 0. The summed E-state index contributed by atoms with van der Waals surface area (Å²) in [5.41, 5.74) is 2.64. The fourth-order valence-corrected chi connectivity index (χ4v) is 2.53. The molecule has 2 rings (SSSR count). The zero-order valence-electron chi connectivity index (χ0n) is 10.4. The van der Waals surface area contributed by atoms with Crippen LogP contribution in [0.1, 0.15) is 40.2 Å². The Morgan fingerprint density at radius 3 is 2.59 bits per heavy atom. The van der Waals surface area contributed by atoms with Crippen molar-refractivity contribution in [2.45, 2.75) is 25.7 Å². The summed E-state index contributed by atoms with van der Waals surface area (Å²) in [6, 6.07) is 5.66. The Labute approximate surface area is 102 Å². The van der Waals surface area contributed by atoms with E-state index in [1.807, 2.05) is 19.1 Å². The molecule has 0 saturated carbocycles. The van der Waals surface area contributed by atoms with Crippen LogP contribution in [0.15, 0.2) is 18.2 Å². The summed E-state index contributed by atoms with van der Waals surface area (Å²) in [7, 11) is 2.12. The van der Waals surface area contributed by atoms with Crippen molar-refractivity contribution < 1.29 is 9.90 Å². The monoisotopic (exact) mass is 233 g/mol. The number of likely N-dealkylation sites (tertiary alicyclic amines) is 1. The van der Waals surface area contributed by atoms with Crippen molar-refractivity contribution in [2.24, 2.45) is 0 Å². The summed E-state index contributed by atoms with van der Waals surface area (Å²) < 4.78 is 0. The third-order valence-electron chi connectivity index (χ3n) is 3.60. The molecule has 0 spiro atoms. The molecule has 3 nitrogen and oxygen atoms in total. The number of hydrogen-bond acceptors (Lipinski definition) is 2. The van der Waals surface area contributed by atoms with Crippen LogP contribution in [-0.4, -0.2) is 36.1 Å². The van der Waals surface area contributed by atoms with Gasteiger partial charge in [-0.1, -0.05) is 17.7 Å². The van der Waals surface area contributed by atoms with Crippen LogP contribution in [-0.2, 0) is 0 Å². The highest BCUT2D eigenvalue weighted by Gasteiger charge is 2.22. The second-order valence-electron chi connectivity index (χ2n) is 4.97. The number of hydrogen-bond donors (Lipinski definition) is 1. The number of carbonyl (C=O) groups is 1. The molecule has 92 valence electrons. The van der Waals surface area contributed by atoms with Gasteiger partial charge in [-0.25, -0.2) is 4.79 Å². The van der Waals surface area contributed by atoms with E-state index in [0.29, 0.717) is 11.5 Å². The number of benzene rings is 1. The van der Waals surface area contributed by atoms with Gasteiger partial charge in [-0.3, -0.25) is 0 Å². The largest absolute Gasteiger partial charge is 0.478 e. The SMILES string of the molecule is Cc1ccc(C(=O)O)c(C2CCN(C)CC2)c1. The zero-order chi connectivity index (χ0) is 12.4. The van der Waals surface area contributed by atoms with Gasteiger partial charge in [0.1, 0.15) is 0 Å². The van der Waals surface area contributed by atoms with E-state index in [1.165, 1.54) is 0 Å². The van der Waals surface area contributed by atoms with Gasteiger partial charge in [-0.15, -0.1) is 0 Å². The molecule has 3 heteroatoms. The number of aryl methyl sites for hydroxylation is 1. The van der Waals surface area contributed by atoms with Crippen LogP contribution in [0.4, 0.5) is 0 Å². The molecule has 0 aromatic heterocycles. The topological polar surface area (TPSA) is 40.5 Å². The number of piperidine rings is 1. The summed E-state index contributed by atoms with van der Waals surface area (Å²) in [5, 5.41) is 9.23. The minimum absolute atomic E-state index is 0.400. The summed E-state index contributed by atoms with van der Waals surface area (Å²) in [4.78, 5) is 13.5. The molecule has 0 bridgehead atoms. The van der Waals surface area contributed by atoms with Crippen LogP contribution in [0, 0.1) is 6.92 Å². The molecule has 0 amide bonds. The van der Waals surface area contributed by atoms with Gasteiger partial charge < -0.3 is 10.0 Å². The van der Waals surface area contributed by atoms with Gasteiger partial charge in [0.15, 0.2) is 0 Å². The number of aromatic carboxylic acids is 1. The molecule has 17 heavy (non-hydrogen) atoms. The summed E-state index contributed by atoms with van der Waals surface area (Å²) in [6.45, 7) is 4.12. The predicted octanol–water partition coefficient (Wildman–Crippen LogP) is 2.50. The normalized spacial score (nSPS) is 18.2. The van der Waals surface area contributed by atoms with E-state index in [-0.39, 0.29) is 0 Å². The lowest BCUT2D eigenvalue weighted by atomic mass is 9.86. The van der Waals surface area contributed by atoms with E-state index in [1.54, 1.807) is 6.07 Å². The molecular formula is C14H19NO2. The zero-order valence-corrected chi connectivity index (χ0v) is 10.4. The van der Waals surface area contributed by atoms with Crippen LogP contribution < -0.4 is 0 Å². The molecule has 0 atom stereocenters. The fourth-order valence-electron chi connectivity index (χ4n) is 2.53. The average Bonchev–Trinajstić information content (AvgIpc) is 2.29. The highest BCUT2D eigenvalue weighted by atomic mass is 16.4. The van der Waals surface area contributed by atoms with Gasteiger partial charge in [0.25, 0.3) is 0 Å².